The van der Waals surface area contributed by atoms with Gasteiger partial charge in [-0.25, -0.2) is 0 Å². The third-order valence-electron chi connectivity index (χ3n) is 3.76. The molecule has 1 aliphatic rings. The highest BCUT2D eigenvalue weighted by atomic mass is 127. The van der Waals surface area contributed by atoms with Crippen LogP contribution < -0.4 is 10.6 Å². The van der Waals surface area contributed by atoms with E-state index in [1.165, 1.54) is 22.8 Å². The molecular formula is C15H21IN2O. The molecule has 0 bridgehead atoms. The van der Waals surface area contributed by atoms with Crippen molar-refractivity contribution in [3.05, 3.63) is 27.8 Å². The highest BCUT2D eigenvalue weighted by Gasteiger charge is 2.22. The third-order valence-corrected chi connectivity index (χ3v) is 4.47. The van der Waals surface area contributed by atoms with Gasteiger partial charge in [-0.3, -0.25) is 4.79 Å². The molecule has 0 spiro atoms. The van der Waals surface area contributed by atoms with E-state index >= 15 is 0 Å². The first kappa shape index (κ1) is 14.6. The zero-order chi connectivity index (χ0) is 13.7. The van der Waals surface area contributed by atoms with Gasteiger partial charge in [0, 0.05) is 15.3 Å². The van der Waals surface area contributed by atoms with Crippen LogP contribution in [0, 0.1) is 9.49 Å². The van der Waals surface area contributed by atoms with Crippen LogP contribution in [0.3, 0.4) is 0 Å². The van der Waals surface area contributed by atoms with Crippen LogP contribution in [0.5, 0.6) is 0 Å². The Morgan fingerprint density at radius 3 is 2.63 bits per heavy atom. The van der Waals surface area contributed by atoms with Gasteiger partial charge in [0.25, 0.3) is 0 Å². The largest absolute Gasteiger partial charge is 0.376 e. The SMILES string of the molecule is C[C@H]1CCCC[C@@H]1NC(=O)CNc1ccc(I)cc1. The fourth-order valence-corrected chi connectivity index (χ4v) is 2.90. The van der Waals surface area contributed by atoms with Crippen molar-refractivity contribution < 1.29 is 4.79 Å². The number of carbonyl (C=O) groups is 1. The number of anilines is 1. The number of nitrogens with one attached hydrogen (secondary N) is 2. The van der Waals surface area contributed by atoms with Crippen LogP contribution in [-0.4, -0.2) is 18.5 Å². The molecule has 0 heterocycles. The Hall–Kier alpha value is -0.780. The molecule has 4 heteroatoms. The first-order chi connectivity index (χ1) is 9.15. The average molecular weight is 372 g/mol. The molecule has 1 aromatic rings. The molecule has 0 unspecified atom stereocenters. The van der Waals surface area contributed by atoms with Gasteiger partial charge in [0.1, 0.15) is 0 Å². The smallest absolute Gasteiger partial charge is 0.239 e. The number of hydrogen-bond donors (Lipinski definition) is 2. The predicted octanol–water partition coefficient (Wildman–Crippen LogP) is 3.40. The molecule has 0 aliphatic heterocycles. The van der Waals surface area contributed by atoms with E-state index in [1.807, 2.05) is 24.3 Å². The summed E-state index contributed by atoms with van der Waals surface area (Å²) in [6, 6.07) is 8.42. The Morgan fingerprint density at radius 2 is 1.95 bits per heavy atom. The predicted molar refractivity (Wildman–Crippen MR) is 87.2 cm³/mol. The van der Waals surface area contributed by atoms with Crippen LogP contribution in [0.25, 0.3) is 0 Å². The van der Waals surface area contributed by atoms with E-state index in [2.05, 4.69) is 40.1 Å². The van der Waals surface area contributed by atoms with E-state index in [9.17, 15) is 4.79 Å². The number of rotatable bonds is 4. The first-order valence-electron chi connectivity index (χ1n) is 6.94. The van der Waals surface area contributed by atoms with E-state index in [0.29, 0.717) is 18.5 Å². The van der Waals surface area contributed by atoms with Crippen molar-refractivity contribution in [1.82, 2.24) is 5.32 Å². The molecule has 0 saturated heterocycles. The van der Waals surface area contributed by atoms with Crippen LogP contribution in [0.4, 0.5) is 5.69 Å². The zero-order valence-electron chi connectivity index (χ0n) is 11.3. The van der Waals surface area contributed by atoms with Gasteiger partial charge in [-0.05, 0) is 65.6 Å². The molecule has 104 valence electrons. The van der Waals surface area contributed by atoms with E-state index in [-0.39, 0.29) is 5.91 Å². The second kappa shape index (κ2) is 7.12. The summed E-state index contributed by atoms with van der Waals surface area (Å²) >= 11 is 2.27. The van der Waals surface area contributed by atoms with Crippen molar-refractivity contribution in [3.8, 4) is 0 Å². The highest BCUT2D eigenvalue weighted by Crippen LogP contribution is 2.23. The maximum absolute atomic E-state index is 11.9. The number of carbonyl (C=O) groups excluding carboxylic acids is 1. The van der Waals surface area contributed by atoms with Crippen molar-refractivity contribution in [2.45, 2.75) is 38.6 Å². The maximum atomic E-state index is 11.9. The molecule has 2 atom stereocenters. The van der Waals surface area contributed by atoms with E-state index in [1.54, 1.807) is 0 Å². The van der Waals surface area contributed by atoms with Crippen molar-refractivity contribution in [2.75, 3.05) is 11.9 Å². The van der Waals surface area contributed by atoms with Gasteiger partial charge in [0.05, 0.1) is 6.54 Å². The van der Waals surface area contributed by atoms with Gasteiger partial charge in [0.2, 0.25) is 5.91 Å². The zero-order valence-corrected chi connectivity index (χ0v) is 13.4. The maximum Gasteiger partial charge on any atom is 0.239 e. The molecule has 3 nitrogen and oxygen atoms in total. The molecule has 1 amide bonds. The Labute approximate surface area is 128 Å². The Morgan fingerprint density at radius 1 is 1.26 bits per heavy atom. The summed E-state index contributed by atoms with van der Waals surface area (Å²) in [7, 11) is 0. The van der Waals surface area contributed by atoms with E-state index < -0.39 is 0 Å². The van der Waals surface area contributed by atoms with Gasteiger partial charge >= 0.3 is 0 Å². The number of amides is 1. The summed E-state index contributed by atoms with van der Waals surface area (Å²) in [4.78, 5) is 11.9. The first-order valence-corrected chi connectivity index (χ1v) is 8.02. The molecular weight excluding hydrogens is 351 g/mol. The van der Waals surface area contributed by atoms with E-state index in [0.717, 1.165) is 12.1 Å². The Bertz CT molecular complexity index is 419. The van der Waals surface area contributed by atoms with Gasteiger partial charge < -0.3 is 10.6 Å². The van der Waals surface area contributed by atoms with E-state index in [4.69, 9.17) is 0 Å². The minimum atomic E-state index is 0.0947. The summed E-state index contributed by atoms with van der Waals surface area (Å²) < 4.78 is 1.20. The fourth-order valence-electron chi connectivity index (χ4n) is 2.54. The summed E-state index contributed by atoms with van der Waals surface area (Å²) in [6.45, 7) is 2.58. The minimum absolute atomic E-state index is 0.0947. The lowest BCUT2D eigenvalue weighted by Crippen LogP contribution is -2.43. The molecule has 2 N–H and O–H groups in total. The number of benzene rings is 1. The third kappa shape index (κ3) is 4.67. The second-order valence-electron chi connectivity index (χ2n) is 5.30. The Kier molecular flexibility index (Phi) is 5.48. The normalized spacial score (nSPS) is 22.8. The van der Waals surface area contributed by atoms with Gasteiger partial charge in [-0.2, -0.15) is 0 Å². The number of halogens is 1. The van der Waals surface area contributed by atoms with Crippen LogP contribution >= 0.6 is 22.6 Å². The highest BCUT2D eigenvalue weighted by molar-refractivity contribution is 14.1. The van der Waals surface area contributed by atoms with Crippen molar-refractivity contribution in [3.63, 3.8) is 0 Å². The molecule has 1 aromatic carbocycles. The summed E-state index contributed by atoms with van der Waals surface area (Å²) in [5, 5.41) is 6.31. The van der Waals surface area contributed by atoms with Crippen LogP contribution in [0.15, 0.2) is 24.3 Å². The Balaban J connectivity index is 1.76. The average Bonchev–Trinajstić information content (AvgIpc) is 2.41. The molecule has 0 aromatic heterocycles. The lowest BCUT2D eigenvalue weighted by Gasteiger charge is -2.29. The number of hydrogen-bond acceptors (Lipinski definition) is 2. The molecule has 1 fully saturated rings. The quantitative estimate of drug-likeness (QED) is 0.796. The lowest BCUT2D eigenvalue weighted by atomic mass is 9.86. The molecule has 0 radical (unpaired) electrons. The minimum Gasteiger partial charge on any atom is -0.376 e. The molecule has 1 aliphatic carbocycles. The van der Waals surface area contributed by atoms with Crippen LogP contribution in [0.1, 0.15) is 32.6 Å². The van der Waals surface area contributed by atoms with Gasteiger partial charge in [-0.1, -0.05) is 19.8 Å². The summed E-state index contributed by atoms with van der Waals surface area (Å²) in [5.41, 5.74) is 0.993. The second-order valence-corrected chi connectivity index (χ2v) is 6.54. The fraction of sp³-hybridized carbons (Fsp3) is 0.533. The monoisotopic (exact) mass is 372 g/mol. The van der Waals surface area contributed by atoms with Crippen LogP contribution in [-0.2, 0) is 4.79 Å². The molecule has 1 saturated carbocycles. The molecule has 19 heavy (non-hydrogen) atoms. The van der Waals surface area contributed by atoms with Gasteiger partial charge in [-0.15, -0.1) is 0 Å². The van der Waals surface area contributed by atoms with Crippen molar-refractivity contribution in [2.24, 2.45) is 5.92 Å². The summed E-state index contributed by atoms with van der Waals surface area (Å²) in [6.07, 6.45) is 4.89. The lowest BCUT2D eigenvalue weighted by molar-refractivity contribution is -0.120. The molecule has 2 rings (SSSR count). The van der Waals surface area contributed by atoms with Crippen molar-refractivity contribution >= 4 is 34.2 Å². The topological polar surface area (TPSA) is 41.1 Å². The summed E-state index contributed by atoms with van der Waals surface area (Å²) in [5.74, 6) is 0.702. The van der Waals surface area contributed by atoms with Gasteiger partial charge in [0.15, 0.2) is 0 Å². The van der Waals surface area contributed by atoms with Crippen molar-refractivity contribution in [1.29, 1.82) is 0 Å². The van der Waals surface area contributed by atoms with Crippen LogP contribution in [0.2, 0.25) is 0 Å². The standard InChI is InChI=1S/C15H21IN2O/c1-11-4-2-3-5-14(11)18-15(19)10-17-13-8-6-12(16)7-9-13/h6-9,11,14,17H,2-5,10H2,1H3,(H,18,19)/t11-,14-/m0/s1.